The zero-order chi connectivity index (χ0) is 11.9. The predicted molar refractivity (Wildman–Crippen MR) is 64.0 cm³/mol. The third-order valence-electron chi connectivity index (χ3n) is 3.28. The van der Waals surface area contributed by atoms with Crippen LogP contribution in [0.1, 0.15) is 40.5 Å². The summed E-state index contributed by atoms with van der Waals surface area (Å²) in [5.41, 5.74) is -0.629. The van der Waals surface area contributed by atoms with Crippen molar-refractivity contribution in [1.82, 2.24) is 5.32 Å². The van der Waals surface area contributed by atoms with Crippen molar-refractivity contribution in [3.05, 3.63) is 0 Å². The molecule has 0 heterocycles. The molecule has 0 spiro atoms. The van der Waals surface area contributed by atoms with E-state index in [4.69, 9.17) is 4.74 Å². The Kier molecular flexibility index (Phi) is 7.14. The largest absolute Gasteiger partial charge is 0.389 e. The lowest BCUT2D eigenvalue weighted by molar-refractivity contribution is 0.000714. The molecule has 0 aliphatic heterocycles. The van der Waals surface area contributed by atoms with Crippen molar-refractivity contribution >= 4 is 0 Å². The molecular formula is C12H27NO2. The minimum atomic E-state index is -0.629. The standard InChI is InChI=1S/C12H27NO2/c1-6-10(3)12(4,14)9-13-11(7-2)8-15-5/h10-11,13-14H,6-9H2,1-5H3. The third-order valence-corrected chi connectivity index (χ3v) is 3.28. The molecule has 3 unspecified atom stereocenters. The number of nitrogens with one attached hydrogen (secondary N) is 1. The maximum Gasteiger partial charge on any atom is 0.0768 e. The van der Waals surface area contributed by atoms with E-state index in [1.54, 1.807) is 7.11 Å². The van der Waals surface area contributed by atoms with Crippen LogP contribution in [0.15, 0.2) is 0 Å². The van der Waals surface area contributed by atoms with Gasteiger partial charge < -0.3 is 15.2 Å². The van der Waals surface area contributed by atoms with Gasteiger partial charge in [-0.05, 0) is 19.3 Å². The van der Waals surface area contributed by atoms with Crippen molar-refractivity contribution in [1.29, 1.82) is 0 Å². The lowest BCUT2D eigenvalue weighted by atomic mass is 9.88. The SMILES string of the molecule is CCC(COC)NCC(C)(O)C(C)CC. The molecule has 3 heteroatoms. The molecule has 0 saturated heterocycles. The van der Waals surface area contributed by atoms with Crippen LogP contribution in [-0.2, 0) is 4.74 Å². The first-order chi connectivity index (χ1) is 6.97. The Morgan fingerprint density at radius 2 is 1.93 bits per heavy atom. The molecule has 15 heavy (non-hydrogen) atoms. The Labute approximate surface area is 94.2 Å². The molecule has 0 amide bonds. The van der Waals surface area contributed by atoms with Crippen LogP contribution in [0.2, 0.25) is 0 Å². The lowest BCUT2D eigenvalue weighted by Crippen LogP contribution is -2.47. The Balaban J connectivity index is 3.99. The van der Waals surface area contributed by atoms with Crippen LogP contribution in [-0.4, -0.2) is 37.0 Å². The molecular weight excluding hydrogens is 190 g/mol. The highest BCUT2D eigenvalue weighted by Gasteiger charge is 2.27. The van der Waals surface area contributed by atoms with E-state index in [-0.39, 0.29) is 0 Å². The Morgan fingerprint density at radius 3 is 2.33 bits per heavy atom. The Morgan fingerprint density at radius 1 is 1.33 bits per heavy atom. The number of aliphatic hydroxyl groups is 1. The van der Waals surface area contributed by atoms with Crippen LogP contribution < -0.4 is 5.32 Å². The van der Waals surface area contributed by atoms with Gasteiger partial charge in [0, 0.05) is 19.7 Å². The van der Waals surface area contributed by atoms with E-state index in [1.165, 1.54) is 0 Å². The van der Waals surface area contributed by atoms with E-state index in [2.05, 4.69) is 26.1 Å². The average molecular weight is 217 g/mol. The zero-order valence-electron chi connectivity index (χ0n) is 10.8. The van der Waals surface area contributed by atoms with Gasteiger partial charge in [-0.1, -0.05) is 27.2 Å². The van der Waals surface area contributed by atoms with Gasteiger partial charge in [-0.2, -0.15) is 0 Å². The minimum absolute atomic E-state index is 0.310. The smallest absolute Gasteiger partial charge is 0.0768 e. The van der Waals surface area contributed by atoms with Crippen molar-refractivity contribution in [3.63, 3.8) is 0 Å². The first-order valence-electron chi connectivity index (χ1n) is 5.92. The van der Waals surface area contributed by atoms with E-state index < -0.39 is 5.60 Å². The number of rotatable bonds is 8. The van der Waals surface area contributed by atoms with Gasteiger partial charge in [0.25, 0.3) is 0 Å². The molecule has 0 radical (unpaired) electrons. The van der Waals surface area contributed by atoms with Crippen molar-refractivity contribution in [3.8, 4) is 0 Å². The molecule has 0 saturated carbocycles. The molecule has 0 rings (SSSR count). The van der Waals surface area contributed by atoms with Crippen molar-refractivity contribution in [2.45, 2.75) is 52.2 Å². The molecule has 0 aromatic heterocycles. The summed E-state index contributed by atoms with van der Waals surface area (Å²) in [6.45, 7) is 9.53. The summed E-state index contributed by atoms with van der Waals surface area (Å²) in [5, 5.41) is 13.5. The van der Waals surface area contributed by atoms with Crippen LogP contribution in [0.3, 0.4) is 0 Å². The maximum absolute atomic E-state index is 10.2. The summed E-state index contributed by atoms with van der Waals surface area (Å²) in [4.78, 5) is 0. The minimum Gasteiger partial charge on any atom is -0.389 e. The van der Waals surface area contributed by atoms with Gasteiger partial charge in [0.2, 0.25) is 0 Å². The van der Waals surface area contributed by atoms with Crippen LogP contribution in [0.5, 0.6) is 0 Å². The number of hydrogen-bond donors (Lipinski definition) is 2. The van der Waals surface area contributed by atoms with E-state index in [0.717, 1.165) is 12.8 Å². The molecule has 0 fully saturated rings. The summed E-state index contributed by atoms with van der Waals surface area (Å²) in [7, 11) is 1.71. The Bertz CT molecular complexity index is 160. The lowest BCUT2D eigenvalue weighted by Gasteiger charge is -2.31. The van der Waals surface area contributed by atoms with E-state index in [0.29, 0.717) is 25.1 Å². The van der Waals surface area contributed by atoms with Crippen LogP contribution in [0.4, 0.5) is 0 Å². The van der Waals surface area contributed by atoms with Gasteiger partial charge in [-0.3, -0.25) is 0 Å². The van der Waals surface area contributed by atoms with Gasteiger partial charge >= 0.3 is 0 Å². The molecule has 3 nitrogen and oxygen atoms in total. The Hall–Kier alpha value is -0.120. The summed E-state index contributed by atoms with van der Waals surface area (Å²) >= 11 is 0. The van der Waals surface area contributed by atoms with Gasteiger partial charge in [-0.15, -0.1) is 0 Å². The highest BCUT2D eigenvalue weighted by molar-refractivity contribution is 4.82. The molecule has 0 aromatic rings. The zero-order valence-corrected chi connectivity index (χ0v) is 10.8. The van der Waals surface area contributed by atoms with Gasteiger partial charge in [-0.25, -0.2) is 0 Å². The summed E-state index contributed by atoms with van der Waals surface area (Å²) < 4.78 is 5.10. The van der Waals surface area contributed by atoms with E-state index >= 15 is 0 Å². The monoisotopic (exact) mass is 217 g/mol. The molecule has 3 atom stereocenters. The van der Waals surface area contributed by atoms with Gasteiger partial charge in [0.05, 0.1) is 12.2 Å². The molecule has 92 valence electrons. The fraction of sp³-hybridized carbons (Fsp3) is 1.00. The van der Waals surface area contributed by atoms with Crippen LogP contribution in [0, 0.1) is 5.92 Å². The predicted octanol–water partition coefficient (Wildman–Crippen LogP) is 1.80. The molecule has 0 bridgehead atoms. The van der Waals surface area contributed by atoms with Crippen molar-refractivity contribution < 1.29 is 9.84 Å². The normalized spacial score (nSPS) is 19.6. The fourth-order valence-electron chi connectivity index (χ4n) is 1.49. The first kappa shape index (κ1) is 14.9. The van der Waals surface area contributed by atoms with Gasteiger partial charge in [0.15, 0.2) is 0 Å². The first-order valence-corrected chi connectivity index (χ1v) is 5.92. The second-order valence-electron chi connectivity index (χ2n) is 4.61. The molecule has 2 N–H and O–H groups in total. The van der Waals surface area contributed by atoms with Crippen LogP contribution >= 0.6 is 0 Å². The van der Waals surface area contributed by atoms with Crippen molar-refractivity contribution in [2.75, 3.05) is 20.3 Å². The fourth-order valence-corrected chi connectivity index (χ4v) is 1.49. The summed E-state index contributed by atoms with van der Waals surface area (Å²) in [5.74, 6) is 0.310. The molecule has 0 aromatic carbocycles. The molecule has 0 aliphatic carbocycles. The van der Waals surface area contributed by atoms with E-state index in [1.807, 2.05) is 6.92 Å². The average Bonchev–Trinajstić information content (AvgIpc) is 2.22. The second kappa shape index (κ2) is 7.20. The van der Waals surface area contributed by atoms with E-state index in [9.17, 15) is 5.11 Å². The highest BCUT2D eigenvalue weighted by Crippen LogP contribution is 2.19. The van der Waals surface area contributed by atoms with Crippen molar-refractivity contribution in [2.24, 2.45) is 5.92 Å². The second-order valence-corrected chi connectivity index (χ2v) is 4.61. The number of ether oxygens (including phenoxy) is 1. The van der Waals surface area contributed by atoms with Gasteiger partial charge in [0.1, 0.15) is 0 Å². The number of methoxy groups -OCH3 is 1. The quantitative estimate of drug-likeness (QED) is 0.651. The molecule has 0 aliphatic rings. The van der Waals surface area contributed by atoms with Crippen LogP contribution in [0.25, 0.3) is 0 Å². The number of hydrogen-bond acceptors (Lipinski definition) is 3. The maximum atomic E-state index is 10.2. The summed E-state index contributed by atoms with van der Waals surface area (Å²) in [6, 6.07) is 0.338. The summed E-state index contributed by atoms with van der Waals surface area (Å²) in [6.07, 6.45) is 2.01. The highest BCUT2D eigenvalue weighted by atomic mass is 16.5. The topological polar surface area (TPSA) is 41.5 Å². The third kappa shape index (κ3) is 5.50.